The van der Waals surface area contributed by atoms with Gasteiger partial charge < -0.3 is 15.0 Å². The average molecular weight is 707 g/mol. The highest BCUT2D eigenvalue weighted by Gasteiger charge is 2.35. The molecular weight excluding hydrogens is 666 g/mol. The van der Waals surface area contributed by atoms with Gasteiger partial charge in [0.2, 0.25) is 11.8 Å². The molecule has 0 aromatic heterocycles. The van der Waals surface area contributed by atoms with Gasteiger partial charge in [-0.05, 0) is 67.8 Å². The van der Waals surface area contributed by atoms with Crippen molar-refractivity contribution >= 4 is 43.5 Å². The Kier molecular flexibility index (Phi) is 12.4. The molecule has 2 atom stereocenters. The van der Waals surface area contributed by atoms with Crippen LogP contribution in [0.5, 0.6) is 5.75 Å². The van der Waals surface area contributed by atoms with Gasteiger partial charge in [-0.2, -0.15) is 0 Å². The maximum absolute atomic E-state index is 14.6. The number of para-hydroxylation sites is 2. The smallest absolute Gasteiger partial charge is 0.264 e. The quantitative estimate of drug-likeness (QED) is 0.150. The van der Waals surface area contributed by atoms with Gasteiger partial charge in [-0.3, -0.25) is 13.9 Å². The molecule has 4 rings (SSSR count). The van der Waals surface area contributed by atoms with Crippen LogP contribution in [0.3, 0.4) is 0 Å². The Hall–Kier alpha value is -4.15. The van der Waals surface area contributed by atoms with E-state index in [4.69, 9.17) is 4.74 Å². The Labute approximate surface area is 280 Å². The number of amides is 2. The third kappa shape index (κ3) is 8.98. The van der Waals surface area contributed by atoms with Gasteiger partial charge in [0, 0.05) is 23.5 Å². The van der Waals surface area contributed by atoms with Crippen LogP contribution in [0.1, 0.15) is 38.3 Å². The van der Waals surface area contributed by atoms with Crippen LogP contribution < -0.4 is 14.4 Å². The van der Waals surface area contributed by atoms with Crippen molar-refractivity contribution in [3.8, 4) is 5.75 Å². The van der Waals surface area contributed by atoms with Crippen LogP contribution in [0, 0.1) is 0 Å². The molecule has 242 valence electrons. The topological polar surface area (TPSA) is 96.0 Å². The lowest BCUT2D eigenvalue weighted by Crippen LogP contribution is -2.54. The van der Waals surface area contributed by atoms with E-state index in [0.717, 1.165) is 19.9 Å². The summed E-state index contributed by atoms with van der Waals surface area (Å²) in [7, 11) is -4.23. The molecule has 0 fully saturated rings. The van der Waals surface area contributed by atoms with Gasteiger partial charge in [0.1, 0.15) is 18.3 Å². The molecule has 0 radical (unpaired) electrons. The largest absolute Gasteiger partial charge is 0.492 e. The second kappa shape index (κ2) is 16.4. The van der Waals surface area contributed by atoms with Gasteiger partial charge in [-0.25, -0.2) is 8.42 Å². The first-order valence-corrected chi connectivity index (χ1v) is 17.5. The van der Waals surface area contributed by atoms with Crippen LogP contribution in [0.15, 0.2) is 119 Å². The first kappa shape index (κ1) is 34.7. The zero-order valence-electron chi connectivity index (χ0n) is 26.3. The predicted molar refractivity (Wildman–Crippen MR) is 185 cm³/mol. The summed E-state index contributed by atoms with van der Waals surface area (Å²) in [5, 5.41) is 3.06. The summed E-state index contributed by atoms with van der Waals surface area (Å²) in [6.07, 6.45) is 0.949. The Bertz CT molecular complexity index is 1700. The number of ether oxygens (including phenoxy) is 1. The number of rotatable bonds is 15. The zero-order chi connectivity index (χ0) is 33.1. The van der Waals surface area contributed by atoms with E-state index in [9.17, 15) is 18.0 Å². The lowest BCUT2D eigenvalue weighted by molar-refractivity contribution is -0.140. The fraction of sp³-hybridized carbons (Fsp3) is 0.278. The van der Waals surface area contributed by atoms with E-state index in [2.05, 4.69) is 21.2 Å². The van der Waals surface area contributed by atoms with Crippen LogP contribution in [0.2, 0.25) is 0 Å². The van der Waals surface area contributed by atoms with Crippen LogP contribution in [-0.4, -0.2) is 50.4 Å². The van der Waals surface area contributed by atoms with Crippen molar-refractivity contribution in [3.63, 3.8) is 0 Å². The van der Waals surface area contributed by atoms with E-state index >= 15 is 0 Å². The van der Waals surface area contributed by atoms with Gasteiger partial charge in [-0.15, -0.1) is 0 Å². The summed E-state index contributed by atoms with van der Waals surface area (Å²) in [6, 6.07) is 30.7. The van der Waals surface area contributed by atoms with E-state index in [1.807, 2.05) is 75.4 Å². The van der Waals surface area contributed by atoms with Crippen LogP contribution in [-0.2, 0) is 32.6 Å². The van der Waals surface area contributed by atoms with Crippen molar-refractivity contribution in [1.82, 2.24) is 10.2 Å². The molecule has 0 aliphatic heterocycles. The van der Waals surface area contributed by atoms with Crippen molar-refractivity contribution < 1.29 is 22.7 Å². The Balaban J connectivity index is 1.84. The SMILES string of the molecule is CCOc1ccccc1N(CC(=O)N(Cc1cccc(Br)c1)[C@@H](Cc1ccccc1)C(=O)N[C@@H](C)CC)S(=O)(=O)c1ccccc1. The Morgan fingerprint density at radius 3 is 2.13 bits per heavy atom. The van der Waals surface area contributed by atoms with Gasteiger partial charge in [0.05, 0.1) is 17.2 Å². The molecule has 0 heterocycles. The Morgan fingerprint density at radius 1 is 0.848 bits per heavy atom. The number of sulfonamides is 1. The number of carbonyl (C=O) groups is 2. The van der Waals surface area contributed by atoms with E-state index in [1.165, 1.54) is 17.0 Å². The van der Waals surface area contributed by atoms with Gasteiger partial charge in [-0.1, -0.05) is 95.7 Å². The molecule has 10 heteroatoms. The molecule has 0 saturated heterocycles. The van der Waals surface area contributed by atoms with Crippen LogP contribution in [0.25, 0.3) is 0 Å². The number of hydrogen-bond acceptors (Lipinski definition) is 5. The molecule has 0 aliphatic rings. The number of anilines is 1. The van der Waals surface area contributed by atoms with Crippen molar-refractivity contribution in [2.24, 2.45) is 0 Å². The lowest BCUT2D eigenvalue weighted by Gasteiger charge is -2.34. The first-order chi connectivity index (χ1) is 22.1. The van der Waals surface area contributed by atoms with Crippen LogP contribution in [0.4, 0.5) is 5.69 Å². The molecule has 0 unspecified atom stereocenters. The number of nitrogens with one attached hydrogen (secondary N) is 1. The standard InChI is InChI=1S/C36H40BrN3O5S/c1-4-27(3)38-36(42)33(24-28-15-8-6-9-16-28)39(25-29-17-14-18-30(37)23-29)35(41)26-40(32-21-12-13-22-34(32)45-5-2)46(43,44)31-19-10-7-11-20-31/h6-23,27,33H,4-5,24-26H2,1-3H3,(H,38,42)/t27-,33-/m0/s1. The summed E-state index contributed by atoms with van der Waals surface area (Å²) < 4.78 is 36.2. The first-order valence-electron chi connectivity index (χ1n) is 15.3. The van der Waals surface area contributed by atoms with Gasteiger partial charge in [0.15, 0.2) is 0 Å². The number of carbonyl (C=O) groups excluding carboxylic acids is 2. The second-order valence-corrected chi connectivity index (χ2v) is 13.7. The highest BCUT2D eigenvalue weighted by atomic mass is 79.9. The summed E-state index contributed by atoms with van der Waals surface area (Å²) >= 11 is 3.51. The van der Waals surface area contributed by atoms with E-state index in [0.29, 0.717) is 18.8 Å². The summed E-state index contributed by atoms with van der Waals surface area (Å²) in [4.78, 5) is 30.1. The van der Waals surface area contributed by atoms with E-state index < -0.39 is 28.5 Å². The minimum Gasteiger partial charge on any atom is -0.492 e. The third-order valence-corrected chi connectivity index (χ3v) is 9.83. The lowest BCUT2D eigenvalue weighted by atomic mass is 10.0. The van der Waals surface area contributed by atoms with Crippen molar-refractivity contribution in [1.29, 1.82) is 0 Å². The molecule has 0 aliphatic carbocycles. The zero-order valence-corrected chi connectivity index (χ0v) is 28.7. The maximum Gasteiger partial charge on any atom is 0.264 e. The molecule has 0 spiro atoms. The van der Waals surface area contributed by atoms with E-state index in [-0.39, 0.29) is 35.5 Å². The second-order valence-electron chi connectivity index (χ2n) is 10.9. The molecular formula is C36H40BrN3O5S. The normalized spacial score (nSPS) is 12.5. The molecule has 46 heavy (non-hydrogen) atoms. The molecule has 4 aromatic carbocycles. The van der Waals surface area contributed by atoms with Gasteiger partial charge >= 0.3 is 0 Å². The van der Waals surface area contributed by atoms with Crippen molar-refractivity contribution in [3.05, 3.63) is 125 Å². The van der Waals surface area contributed by atoms with E-state index in [1.54, 1.807) is 42.5 Å². The minimum atomic E-state index is -4.23. The summed E-state index contributed by atoms with van der Waals surface area (Å²) in [6.45, 7) is 5.52. The molecule has 1 N–H and O–H groups in total. The number of hydrogen-bond donors (Lipinski definition) is 1. The number of halogens is 1. The Morgan fingerprint density at radius 2 is 1.48 bits per heavy atom. The fourth-order valence-corrected chi connectivity index (χ4v) is 6.89. The molecule has 0 bridgehead atoms. The number of nitrogens with zero attached hydrogens (tertiary/aromatic N) is 2. The van der Waals surface area contributed by atoms with Crippen molar-refractivity contribution in [2.45, 2.75) is 57.1 Å². The maximum atomic E-state index is 14.6. The number of benzene rings is 4. The summed E-state index contributed by atoms with van der Waals surface area (Å²) in [5.74, 6) is -0.522. The van der Waals surface area contributed by atoms with Gasteiger partial charge in [0.25, 0.3) is 10.0 Å². The minimum absolute atomic E-state index is 0.0305. The third-order valence-electron chi connectivity index (χ3n) is 7.56. The fourth-order valence-electron chi connectivity index (χ4n) is 5.00. The average Bonchev–Trinajstić information content (AvgIpc) is 3.06. The van der Waals surface area contributed by atoms with Crippen LogP contribution >= 0.6 is 15.9 Å². The molecule has 4 aromatic rings. The highest BCUT2D eigenvalue weighted by Crippen LogP contribution is 2.33. The molecule has 8 nitrogen and oxygen atoms in total. The summed E-state index contributed by atoms with van der Waals surface area (Å²) in [5.41, 5.74) is 1.88. The molecule has 0 saturated carbocycles. The highest BCUT2D eigenvalue weighted by molar-refractivity contribution is 9.10. The predicted octanol–water partition coefficient (Wildman–Crippen LogP) is 6.60. The van der Waals surface area contributed by atoms with Crippen molar-refractivity contribution in [2.75, 3.05) is 17.5 Å². The molecule has 2 amide bonds. The monoisotopic (exact) mass is 705 g/mol.